The Morgan fingerprint density at radius 2 is 1.97 bits per heavy atom. The molecule has 0 fully saturated rings. The van der Waals surface area contributed by atoms with Gasteiger partial charge in [-0.15, -0.1) is 16.8 Å². The second kappa shape index (κ2) is 9.48. The molecule has 1 amide bonds. The van der Waals surface area contributed by atoms with Gasteiger partial charge in [0, 0.05) is 22.3 Å². The van der Waals surface area contributed by atoms with Gasteiger partial charge < -0.3 is 5.32 Å². The average Bonchev–Trinajstić information content (AvgIpc) is 3.09. The summed E-state index contributed by atoms with van der Waals surface area (Å²) in [5.74, 6) is 0.125. The maximum Gasteiger partial charge on any atom is 0.416 e. The van der Waals surface area contributed by atoms with Gasteiger partial charge in [0.1, 0.15) is 0 Å². The highest BCUT2D eigenvalue weighted by Gasteiger charge is 2.30. The third kappa shape index (κ3) is 5.31. The van der Waals surface area contributed by atoms with Gasteiger partial charge in [-0.2, -0.15) is 13.2 Å². The van der Waals surface area contributed by atoms with Crippen molar-refractivity contribution in [3.63, 3.8) is 0 Å². The van der Waals surface area contributed by atoms with Gasteiger partial charge in [-0.25, -0.2) is 0 Å². The highest BCUT2D eigenvalue weighted by Crippen LogP contribution is 2.31. The molecule has 156 valence electrons. The van der Waals surface area contributed by atoms with Crippen LogP contribution in [0, 0.1) is 0 Å². The van der Waals surface area contributed by atoms with Gasteiger partial charge in [0.2, 0.25) is 5.91 Å². The van der Waals surface area contributed by atoms with Crippen molar-refractivity contribution in [3.8, 4) is 11.4 Å². The Morgan fingerprint density at radius 1 is 1.20 bits per heavy atom. The van der Waals surface area contributed by atoms with Crippen molar-refractivity contribution in [1.82, 2.24) is 14.8 Å². The third-order valence-corrected chi connectivity index (χ3v) is 5.61. The number of benzene rings is 2. The second-order valence-corrected chi connectivity index (χ2v) is 7.90. The largest absolute Gasteiger partial charge is 0.416 e. The molecule has 3 rings (SSSR count). The van der Waals surface area contributed by atoms with E-state index in [0.717, 1.165) is 33.9 Å². The number of carbonyl (C=O) groups is 1. The van der Waals surface area contributed by atoms with E-state index in [-0.39, 0.29) is 11.4 Å². The number of hydrogen-bond donors (Lipinski definition) is 1. The van der Waals surface area contributed by atoms with E-state index in [1.54, 1.807) is 6.08 Å². The van der Waals surface area contributed by atoms with E-state index in [2.05, 4.69) is 38.0 Å². The Hall–Kier alpha value is -2.59. The van der Waals surface area contributed by atoms with Crippen LogP contribution in [-0.4, -0.2) is 26.4 Å². The number of nitrogens with zero attached hydrogens (tertiary/aromatic N) is 3. The van der Waals surface area contributed by atoms with Gasteiger partial charge in [0.25, 0.3) is 0 Å². The van der Waals surface area contributed by atoms with Crippen LogP contribution in [0.25, 0.3) is 11.4 Å². The standard InChI is InChI=1S/C20H16BrF3N4OS/c1-2-10-28-18(15-8-3-4-9-16(15)21)26-27-19(28)30-12-17(29)25-14-7-5-6-13(11-14)20(22,23)24/h2-9,11H,1,10,12H2,(H,25,29). The number of amides is 1. The number of carbonyl (C=O) groups excluding carboxylic acids is 1. The first-order valence-corrected chi connectivity index (χ1v) is 10.5. The fourth-order valence-electron chi connectivity index (χ4n) is 2.63. The molecule has 0 aliphatic rings. The molecule has 0 unspecified atom stereocenters. The van der Waals surface area contributed by atoms with E-state index < -0.39 is 17.6 Å². The van der Waals surface area contributed by atoms with Gasteiger partial charge in [0.15, 0.2) is 11.0 Å². The molecule has 1 heterocycles. The lowest BCUT2D eigenvalue weighted by atomic mass is 10.2. The van der Waals surface area contributed by atoms with Crippen molar-refractivity contribution in [1.29, 1.82) is 0 Å². The van der Waals surface area contributed by atoms with E-state index in [1.807, 2.05) is 28.8 Å². The summed E-state index contributed by atoms with van der Waals surface area (Å²) < 4.78 is 41.1. The molecule has 5 nitrogen and oxygen atoms in total. The zero-order valence-electron chi connectivity index (χ0n) is 15.5. The molecule has 10 heteroatoms. The van der Waals surface area contributed by atoms with E-state index >= 15 is 0 Å². The summed E-state index contributed by atoms with van der Waals surface area (Å²) in [5, 5.41) is 11.4. The van der Waals surface area contributed by atoms with Crippen LogP contribution < -0.4 is 5.32 Å². The molecule has 0 spiro atoms. The lowest BCUT2D eigenvalue weighted by Crippen LogP contribution is -2.15. The van der Waals surface area contributed by atoms with Crippen LogP contribution in [0.2, 0.25) is 0 Å². The number of rotatable bonds is 7. The number of thioether (sulfide) groups is 1. The number of allylic oxidation sites excluding steroid dienone is 1. The summed E-state index contributed by atoms with van der Waals surface area (Å²) >= 11 is 4.63. The molecule has 1 N–H and O–H groups in total. The minimum atomic E-state index is -4.47. The molecular weight excluding hydrogens is 481 g/mol. The number of hydrogen-bond acceptors (Lipinski definition) is 4. The SMILES string of the molecule is C=CCn1c(SCC(=O)Nc2cccc(C(F)(F)F)c2)nnc1-c1ccccc1Br. The Bertz CT molecular complexity index is 1070. The van der Waals surface area contributed by atoms with Crippen LogP contribution in [-0.2, 0) is 17.5 Å². The van der Waals surface area contributed by atoms with Crippen LogP contribution >= 0.6 is 27.7 Å². The maximum atomic E-state index is 12.8. The lowest BCUT2D eigenvalue weighted by molar-refractivity contribution is -0.137. The topological polar surface area (TPSA) is 59.8 Å². The molecule has 2 aromatic carbocycles. The van der Waals surface area contributed by atoms with Gasteiger partial charge in [-0.1, -0.05) is 58.0 Å². The Balaban J connectivity index is 1.72. The van der Waals surface area contributed by atoms with Gasteiger partial charge >= 0.3 is 6.18 Å². The zero-order valence-corrected chi connectivity index (χ0v) is 17.9. The lowest BCUT2D eigenvalue weighted by Gasteiger charge is -2.10. The second-order valence-electron chi connectivity index (χ2n) is 6.10. The molecule has 0 atom stereocenters. The van der Waals surface area contributed by atoms with Crippen LogP contribution in [0.15, 0.2) is 70.8 Å². The highest BCUT2D eigenvalue weighted by molar-refractivity contribution is 9.10. The molecule has 1 aromatic heterocycles. The Labute approximate surface area is 183 Å². The van der Waals surface area contributed by atoms with Crippen molar-refractivity contribution >= 4 is 39.3 Å². The zero-order chi connectivity index (χ0) is 21.7. The summed E-state index contributed by atoms with van der Waals surface area (Å²) in [4.78, 5) is 12.2. The number of halogens is 4. The van der Waals surface area contributed by atoms with Crippen LogP contribution in [0.3, 0.4) is 0 Å². The molecule has 0 bridgehead atoms. The number of aromatic nitrogens is 3. The fraction of sp³-hybridized carbons (Fsp3) is 0.150. The summed E-state index contributed by atoms with van der Waals surface area (Å²) in [6, 6.07) is 12.0. The summed E-state index contributed by atoms with van der Waals surface area (Å²) in [6.45, 7) is 4.18. The van der Waals surface area contributed by atoms with Crippen molar-refractivity contribution < 1.29 is 18.0 Å². The van der Waals surface area contributed by atoms with Crippen LogP contribution in [0.4, 0.5) is 18.9 Å². The first-order valence-electron chi connectivity index (χ1n) is 8.68. The summed E-state index contributed by atoms with van der Waals surface area (Å²) in [5.41, 5.74) is 0.0979. The summed E-state index contributed by atoms with van der Waals surface area (Å²) in [6.07, 6.45) is -2.78. The maximum absolute atomic E-state index is 12.8. The van der Waals surface area contributed by atoms with E-state index in [4.69, 9.17) is 0 Å². The molecule has 0 aliphatic carbocycles. The smallest absolute Gasteiger partial charge is 0.325 e. The molecule has 30 heavy (non-hydrogen) atoms. The molecular formula is C20H16BrF3N4OS. The van der Waals surface area contributed by atoms with Crippen molar-refractivity contribution in [2.75, 3.05) is 11.1 Å². The highest BCUT2D eigenvalue weighted by atomic mass is 79.9. The van der Waals surface area contributed by atoms with Crippen molar-refractivity contribution in [2.45, 2.75) is 17.9 Å². The quantitative estimate of drug-likeness (QED) is 0.339. The summed E-state index contributed by atoms with van der Waals surface area (Å²) in [7, 11) is 0. The van der Waals surface area contributed by atoms with Crippen molar-refractivity contribution in [2.24, 2.45) is 0 Å². The van der Waals surface area contributed by atoms with E-state index in [9.17, 15) is 18.0 Å². The monoisotopic (exact) mass is 496 g/mol. The van der Waals surface area contributed by atoms with Gasteiger partial charge in [0.05, 0.1) is 11.3 Å². The first kappa shape index (κ1) is 22.1. The van der Waals surface area contributed by atoms with Gasteiger partial charge in [-0.05, 0) is 24.3 Å². The van der Waals surface area contributed by atoms with Gasteiger partial charge in [-0.3, -0.25) is 9.36 Å². The predicted molar refractivity (Wildman–Crippen MR) is 114 cm³/mol. The minimum Gasteiger partial charge on any atom is -0.325 e. The number of nitrogens with one attached hydrogen (secondary N) is 1. The molecule has 0 aliphatic heterocycles. The van der Waals surface area contributed by atoms with E-state index in [1.165, 1.54) is 12.1 Å². The Kier molecular flexibility index (Phi) is 6.99. The fourth-order valence-corrected chi connectivity index (χ4v) is 3.84. The average molecular weight is 497 g/mol. The normalized spacial score (nSPS) is 11.3. The van der Waals surface area contributed by atoms with Crippen molar-refractivity contribution in [3.05, 3.63) is 71.2 Å². The molecule has 0 saturated carbocycles. The first-order chi connectivity index (χ1) is 14.3. The molecule has 0 saturated heterocycles. The molecule has 3 aromatic rings. The van der Waals surface area contributed by atoms with Crippen LogP contribution in [0.5, 0.6) is 0 Å². The molecule has 0 radical (unpaired) electrons. The number of anilines is 1. The Morgan fingerprint density at radius 3 is 2.67 bits per heavy atom. The predicted octanol–water partition coefficient (Wildman–Crippen LogP) is 5.64. The third-order valence-electron chi connectivity index (χ3n) is 3.95. The van der Waals surface area contributed by atoms with Crippen LogP contribution in [0.1, 0.15) is 5.56 Å². The van der Waals surface area contributed by atoms with E-state index in [0.29, 0.717) is 17.5 Å². The minimum absolute atomic E-state index is 0.0402. The number of alkyl halides is 3.